The van der Waals surface area contributed by atoms with Gasteiger partial charge in [-0.1, -0.05) is 12.1 Å². The number of methoxy groups -OCH3 is 1. The highest BCUT2D eigenvalue weighted by molar-refractivity contribution is 14.0. The van der Waals surface area contributed by atoms with Crippen molar-refractivity contribution < 1.29 is 4.74 Å². The standard InChI is InChI=1S/C18H25N5O.HI/c1-19-18(20-10-14-11-21-22(2)12-14)23-9-8-16(13-23)15-4-6-17(24-3)7-5-15;/h4-7,11-12,16H,8-10,13H2,1-3H3,(H,19,20);1H. The van der Waals surface area contributed by atoms with Gasteiger partial charge in [0.2, 0.25) is 0 Å². The van der Waals surface area contributed by atoms with Gasteiger partial charge in [0, 0.05) is 51.4 Å². The molecule has 0 saturated carbocycles. The summed E-state index contributed by atoms with van der Waals surface area (Å²) in [5.74, 6) is 2.39. The molecule has 1 saturated heterocycles. The molecular weight excluding hydrogens is 429 g/mol. The predicted octanol–water partition coefficient (Wildman–Crippen LogP) is 2.61. The second kappa shape index (κ2) is 9.07. The van der Waals surface area contributed by atoms with Crippen LogP contribution in [0.3, 0.4) is 0 Å². The molecule has 0 bridgehead atoms. The number of nitrogens with one attached hydrogen (secondary N) is 1. The number of guanidine groups is 1. The molecule has 1 aromatic heterocycles. The molecule has 7 heteroatoms. The first-order chi connectivity index (χ1) is 11.7. The Morgan fingerprint density at radius 2 is 2.12 bits per heavy atom. The molecule has 1 atom stereocenters. The van der Waals surface area contributed by atoms with Gasteiger partial charge in [0.25, 0.3) is 0 Å². The summed E-state index contributed by atoms with van der Waals surface area (Å²) < 4.78 is 7.05. The number of benzene rings is 1. The molecule has 1 N–H and O–H groups in total. The normalized spacial score (nSPS) is 17.3. The second-order valence-electron chi connectivity index (χ2n) is 6.13. The minimum absolute atomic E-state index is 0. The molecule has 1 fully saturated rings. The van der Waals surface area contributed by atoms with Crippen molar-refractivity contribution in [2.75, 3.05) is 27.2 Å². The number of hydrogen-bond donors (Lipinski definition) is 1. The van der Waals surface area contributed by atoms with Crippen molar-refractivity contribution in [3.8, 4) is 5.75 Å². The largest absolute Gasteiger partial charge is 0.497 e. The van der Waals surface area contributed by atoms with Crippen LogP contribution in [-0.4, -0.2) is 47.9 Å². The average Bonchev–Trinajstić information content (AvgIpc) is 3.25. The van der Waals surface area contributed by atoms with Gasteiger partial charge in [0.05, 0.1) is 13.3 Å². The van der Waals surface area contributed by atoms with Gasteiger partial charge in [-0.2, -0.15) is 5.10 Å². The van der Waals surface area contributed by atoms with Crippen LogP contribution in [0.5, 0.6) is 5.75 Å². The number of halogens is 1. The van der Waals surface area contributed by atoms with E-state index in [2.05, 4.69) is 32.4 Å². The zero-order valence-electron chi connectivity index (χ0n) is 15.0. The fraction of sp³-hybridized carbons (Fsp3) is 0.444. The minimum Gasteiger partial charge on any atom is -0.497 e. The van der Waals surface area contributed by atoms with Gasteiger partial charge in [-0.05, 0) is 24.1 Å². The van der Waals surface area contributed by atoms with Crippen LogP contribution in [0.1, 0.15) is 23.5 Å². The van der Waals surface area contributed by atoms with E-state index in [1.54, 1.807) is 7.11 Å². The summed E-state index contributed by atoms with van der Waals surface area (Å²) in [6.07, 6.45) is 5.04. The molecule has 1 unspecified atom stereocenters. The summed E-state index contributed by atoms with van der Waals surface area (Å²) in [6, 6.07) is 8.40. The van der Waals surface area contributed by atoms with Crippen molar-refractivity contribution in [2.24, 2.45) is 12.0 Å². The van der Waals surface area contributed by atoms with Gasteiger partial charge in [-0.25, -0.2) is 0 Å². The van der Waals surface area contributed by atoms with Crippen LogP contribution in [0.25, 0.3) is 0 Å². The summed E-state index contributed by atoms with van der Waals surface area (Å²) in [6.45, 7) is 2.74. The van der Waals surface area contributed by atoms with Crippen LogP contribution in [0, 0.1) is 0 Å². The summed E-state index contributed by atoms with van der Waals surface area (Å²) in [5.41, 5.74) is 2.52. The Hall–Kier alpha value is -1.77. The molecule has 0 spiro atoms. The third-order valence-corrected chi connectivity index (χ3v) is 4.50. The quantitative estimate of drug-likeness (QED) is 0.438. The highest BCUT2D eigenvalue weighted by atomic mass is 127. The number of aromatic nitrogens is 2. The molecule has 0 amide bonds. The Bertz CT molecular complexity index is 698. The van der Waals surface area contributed by atoms with Gasteiger partial charge in [-0.15, -0.1) is 24.0 Å². The summed E-state index contributed by atoms with van der Waals surface area (Å²) in [4.78, 5) is 6.76. The smallest absolute Gasteiger partial charge is 0.193 e. The predicted molar refractivity (Wildman–Crippen MR) is 111 cm³/mol. The first kappa shape index (κ1) is 19.6. The van der Waals surface area contributed by atoms with Crippen molar-refractivity contribution in [1.29, 1.82) is 0 Å². The van der Waals surface area contributed by atoms with E-state index in [1.807, 2.05) is 43.3 Å². The average molecular weight is 455 g/mol. The molecule has 25 heavy (non-hydrogen) atoms. The summed E-state index contributed by atoms with van der Waals surface area (Å²) in [7, 11) is 5.47. The number of rotatable bonds is 4. The number of hydrogen-bond acceptors (Lipinski definition) is 3. The van der Waals surface area contributed by atoms with Crippen LogP contribution in [0.15, 0.2) is 41.7 Å². The zero-order valence-corrected chi connectivity index (χ0v) is 17.3. The maximum Gasteiger partial charge on any atom is 0.193 e. The molecule has 1 aromatic carbocycles. The Morgan fingerprint density at radius 3 is 2.72 bits per heavy atom. The van der Waals surface area contributed by atoms with Gasteiger partial charge in [0.15, 0.2) is 5.96 Å². The van der Waals surface area contributed by atoms with Gasteiger partial charge in [-0.3, -0.25) is 9.67 Å². The Labute approximate surface area is 166 Å². The van der Waals surface area contributed by atoms with Crippen molar-refractivity contribution in [3.63, 3.8) is 0 Å². The number of ether oxygens (including phenoxy) is 1. The van der Waals surface area contributed by atoms with Crippen LogP contribution in [0.2, 0.25) is 0 Å². The van der Waals surface area contributed by atoms with Crippen LogP contribution >= 0.6 is 24.0 Å². The van der Waals surface area contributed by atoms with Gasteiger partial charge in [0.1, 0.15) is 5.75 Å². The van der Waals surface area contributed by atoms with E-state index in [9.17, 15) is 0 Å². The first-order valence-corrected chi connectivity index (χ1v) is 8.26. The first-order valence-electron chi connectivity index (χ1n) is 8.26. The lowest BCUT2D eigenvalue weighted by atomic mass is 9.98. The van der Waals surface area contributed by atoms with Crippen LogP contribution < -0.4 is 10.1 Å². The minimum atomic E-state index is 0. The monoisotopic (exact) mass is 455 g/mol. The lowest BCUT2D eigenvalue weighted by molar-refractivity contribution is 0.414. The van der Waals surface area contributed by atoms with Crippen molar-refractivity contribution in [3.05, 3.63) is 47.8 Å². The van der Waals surface area contributed by atoms with Crippen LogP contribution in [-0.2, 0) is 13.6 Å². The SMILES string of the molecule is CN=C(NCc1cnn(C)c1)N1CCC(c2ccc(OC)cc2)C1.I. The third kappa shape index (κ3) is 4.87. The van der Waals surface area contributed by atoms with Crippen molar-refractivity contribution in [1.82, 2.24) is 20.0 Å². The summed E-state index contributed by atoms with van der Waals surface area (Å²) >= 11 is 0. The van der Waals surface area contributed by atoms with E-state index in [1.165, 1.54) is 5.56 Å². The Balaban J connectivity index is 0.00000225. The highest BCUT2D eigenvalue weighted by Gasteiger charge is 2.26. The summed E-state index contributed by atoms with van der Waals surface area (Å²) in [5, 5.41) is 7.63. The van der Waals surface area contributed by atoms with E-state index in [0.717, 1.165) is 43.3 Å². The molecule has 1 aliphatic heterocycles. The molecule has 1 aliphatic rings. The van der Waals surface area contributed by atoms with E-state index in [0.29, 0.717) is 5.92 Å². The van der Waals surface area contributed by atoms with E-state index >= 15 is 0 Å². The van der Waals surface area contributed by atoms with Crippen LogP contribution in [0.4, 0.5) is 0 Å². The van der Waals surface area contributed by atoms with E-state index in [-0.39, 0.29) is 24.0 Å². The fourth-order valence-electron chi connectivity index (χ4n) is 3.18. The van der Waals surface area contributed by atoms with Gasteiger partial charge < -0.3 is 15.0 Å². The van der Waals surface area contributed by atoms with E-state index < -0.39 is 0 Å². The second-order valence-corrected chi connectivity index (χ2v) is 6.13. The Kier molecular flexibility index (Phi) is 7.10. The molecule has 0 aliphatic carbocycles. The number of nitrogens with zero attached hydrogens (tertiary/aromatic N) is 4. The van der Waals surface area contributed by atoms with Gasteiger partial charge >= 0.3 is 0 Å². The Morgan fingerprint density at radius 1 is 1.36 bits per heavy atom. The molecular formula is C18H26IN5O. The molecule has 3 rings (SSSR count). The molecule has 2 heterocycles. The topological polar surface area (TPSA) is 54.7 Å². The molecule has 136 valence electrons. The lowest BCUT2D eigenvalue weighted by Crippen LogP contribution is -2.39. The number of likely N-dealkylation sites (tertiary alicyclic amines) is 1. The maximum atomic E-state index is 5.24. The zero-order chi connectivity index (χ0) is 16.9. The fourth-order valence-corrected chi connectivity index (χ4v) is 3.18. The number of aryl methyl sites for hydroxylation is 1. The highest BCUT2D eigenvalue weighted by Crippen LogP contribution is 2.28. The third-order valence-electron chi connectivity index (χ3n) is 4.50. The van der Waals surface area contributed by atoms with Crippen molar-refractivity contribution in [2.45, 2.75) is 18.9 Å². The molecule has 6 nitrogen and oxygen atoms in total. The number of aliphatic imine (C=N–C) groups is 1. The van der Waals surface area contributed by atoms with Crippen molar-refractivity contribution >= 4 is 29.9 Å². The molecule has 2 aromatic rings. The maximum absolute atomic E-state index is 5.24. The lowest BCUT2D eigenvalue weighted by Gasteiger charge is -2.21. The van der Waals surface area contributed by atoms with E-state index in [4.69, 9.17) is 4.74 Å². The molecule has 0 radical (unpaired) electrons.